The van der Waals surface area contributed by atoms with E-state index in [-0.39, 0.29) is 20.4 Å². The number of pyridine rings is 1. The topological polar surface area (TPSA) is 54.1 Å². The van der Waals surface area contributed by atoms with Gasteiger partial charge in [0, 0.05) is 40.5 Å². The molecule has 0 aliphatic carbocycles. The van der Waals surface area contributed by atoms with Gasteiger partial charge in [0.2, 0.25) is 0 Å². The molecule has 0 atom stereocenters. The van der Waals surface area contributed by atoms with E-state index in [0.29, 0.717) is 11.5 Å². The van der Waals surface area contributed by atoms with Gasteiger partial charge in [0.15, 0.2) is 0 Å². The third kappa shape index (κ3) is 5.40. The molecule has 0 aliphatic heterocycles. The Kier molecular flexibility index (Phi) is 8.33. The summed E-state index contributed by atoms with van der Waals surface area (Å²) in [6.45, 7) is 12.7. The number of ether oxygens (including phenoxy) is 2. The molecule has 0 saturated heterocycles. The molecule has 0 N–H and O–H groups in total. The van der Waals surface area contributed by atoms with Gasteiger partial charge in [0.05, 0.1) is 12.8 Å². The van der Waals surface area contributed by atoms with Crippen molar-refractivity contribution in [1.82, 2.24) is 19.3 Å². The van der Waals surface area contributed by atoms with Crippen LogP contribution in [-0.2, 0) is 20.4 Å². The molecular formula is C39H34N4O2Pd. The number of aryl methyl sites for hydroxylation is 5. The monoisotopic (exact) mass is 696 g/mol. The maximum Gasteiger partial charge on any atom is 2.00 e. The van der Waals surface area contributed by atoms with E-state index in [9.17, 15) is 0 Å². The minimum Gasteiger partial charge on any atom is -0.509 e. The van der Waals surface area contributed by atoms with Crippen LogP contribution in [0.2, 0.25) is 0 Å². The van der Waals surface area contributed by atoms with Crippen molar-refractivity contribution in [3.8, 4) is 39.9 Å². The zero-order valence-corrected chi connectivity index (χ0v) is 28.5. The van der Waals surface area contributed by atoms with Crippen molar-refractivity contribution in [2.24, 2.45) is 0 Å². The fraction of sp³-hybridized carbons (Fsp3) is 0.179. The van der Waals surface area contributed by atoms with Crippen LogP contribution in [0.1, 0.15) is 33.6 Å². The second kappa shape index (κ2) is 12.2. The van der Waals surface area contributed by atoms with E-state index < -0.39 is 0 Å². The average molecular weight is 697 g/mol. The van der Waals surface area contributed by atoms with E-state index in [1.165, 1.54) is 27.8 Å². The third-order valence-corrected chi connectivity index (χ3v) is 8.38. The smallest absolute Gasteiger partial charge is 0.509 e. The van der Waals surface area contributed by atoms with Gasteiger partial charge in [-0.1, -0.05) is 48.3 Å². The number of hydrogen-bond donors (Lipinski definition) is 0. The molecule has 3 aromatic heterocycles. The van der Waals surface area contributed by atoms with Gasteiger partial charge in [-0.05, 0) is 74.5 Å². The fourth-order valence-electron chi connectivity index (χ4n) is 6.58. The first-order valence-corrected chi connectivity index (χ1v) is 15.0. The molecule has 7 rings (SSSR count). The second-order valence-corrected chi connectivity index (χ2v) is 11.7. The van der Waals surface area contributed by atoms with Crippen molar-refractivity contribution in [3.05, 3.63) is 125 Å². The maximum atomic E-state index is 6.46. The molecule has 0 radical (unpaired) electrons. The SMILES string of the molecule is COc1ccnc(-n2c3[c-]c(Oc4[c-]c(-n5nc(C)c(-c6c(C)cc(C)cc6C)c5C)cc(C)c4)ccc3c3ccccc32)c1.[Pd+2]. The summed E-state index contributed by atoms with van der Waals surface area (Å²) < 4.78 is 16.0. The van der Waals surface area contributed by atoms with Crippen LogP contribution in [0.5, 0.6) is 17.2 Å². The predicted octanol–water partition coefficient (Wildman–Crippen LogP) is 9.28. The summed E-state index contributed by atoms with van der Waals surface area (Å²) in [6.07, 6.45) is 1.75. The average Bonchev–Trinajstić information content (AvgIpc) is 3.49. The fourth-order valence-corrected chi connectivity index (χ4v) is 6.58. The van der Waals surface area contributed by atoms with Gasteiger partial charge in [-0.15, -0.1) is 35.7 Å². The first-order chi connectivity index (χ1) is 21.7. The van der Waals surface area contributed by atoms with Crippen molar-refractivity contribution in [3.63, 3.8) is 0 Å². The summed E-state index contributed by atoms with van der Waals surface area (Å²) in [5.74, 6) is 2.67. The van der Waals surface area contributed by atoms with Crippen molar-refractivity contribution in [1.29, 1.82) is 0 Å². The van der Waals surface area contributed by atoms with Gasteiger partial charge >= 0.3 is 20.4 Å². The molecule has 0 spiro atoms. The number of methoxy groups -OCH3 is 1. The van der Waals surface area contributed by atoms with E-state index in [1.807, 2.05) is 41.1 Å². The molecule has 46 heavy (non-hydrogen) atoms. The molecule has 0 fully saturated rings. The Morgan fingerprint density at radius 2 is 1.46 bits per heavy atom. The first kappa shape index (κ1) is 31.3. The molecule has 6 nitrogen and oxygen atoms in total. The van der Waals surface area contributed by atoms with Crippen molar-refractivity contribution >= 4 is 21.8 Å². The van der Waals surface area contributed by atoms with Crippen molar-refractivity contribution < 1.29 is 29.9 Å². The first-order valence-electron chi connectivity index (χ1n) is 15.0. The van der Waals surface area contributed by atoms with Crippen LogP contribution in [0.15, 0.2) is 79.0 Å². The normalized spacial score (nSPS) is 11.2. The number of rotatable bonds is 6. The molecule has 0 saturated carbocycles. The van der Waals surface area contributed by atoms with Crippen molar-refractivity contribution in [2.45, 2.75) is 41.5 Å². The largest absolute Gasteiger partial charge is 2.00 e. The quantitative estimate of drug-likeness (QED) is 0.129. The van der Waals surface area contributed by atoms with E-state index in [4.69, 9.17) is 14.6 Å². The Morgan fingerprint density at radius 1 is 0.717 bits per heavy atom. The minimum absolute atomic E-state index is 0. The number of fused-ring (bicyclic) bond motifs is 3. The standard InChI is InChI=1S/C39H34N4O2.Pd/c1-23-16-25(3)38(26(4)17-23)39-27(5)41-43(28(39)6)29-18-24(2)19-32(20-29)45-31-12-13-34-33-10-8-9-11-35(33)42(36(34)21-31)37-22-30(44-7)14-15-40-37;/h8-19,22H,1-7H3;/q-2;+2. The predicted molar refractivity (Wildman–Crippen MR) is 180 cm³/mol. The van der Waals surface area contributed by atoms with Gasteiger partial charge in [-0.2, -0.15) is 16.7 Å². The van der Waals surface area contributed by atoms with Crippen LogP contribution in [0.4, 0.5) is 0 Å². The van der Waals surface area contributed by atoms with Crippen molar-refractivity contribution in [2.75, 3.05) is 7.11 Å². The van der Waals surface area contributed by atoms with Crippen LogP contribution < -0.4 is 9.47 Å². The molecule has 0 aliphatic rings. The third-order valence-electron chi connectivity index (χ3n) is 8.38. The number of aromatic nitrogens is 4. The van der Waals surface area contributed by atoms with Gasteiger partial charge in [-0.3, -0.25) is 4.68 Å². The Hall–Kier alpha value is -4.70. The van der Waals surface area contributed by atoms with Gasteiger partial charge in [0.1, 0.15) is 11.6 Å². The van der Waals surface area contributed by atoms with Gasteiger partial charge in [0.25, 0.3) is 0 Å². The summed E-state index contributed by atoms with van der Waals surface area (Å²) in [6, 6.07) is 31.6. The second-order valence-electron chi connectivity index (χ2n) is 11.7. The molecule has 4 aromatic carbocycles. The number of benzene rings is 4. The molecule has 0 unspecified atom stereocenters. The van der Waals surface area contributed by atoms with E-state index >= 15 is 0 Å². The van der Waals surface area contributed by atoms with E-state index in [2.05, 4.69) is 99.6 Å². The summed E-state index contributed by atoms with van der Waals surface area (Å²) in [4.78, 5) is 4.66. The molecule has 7 heteroatoms. The summed E-state index contributed by atoms with van der Waals surface area (Å²) >= 11 is 0. The molecule has 232 valence electrons. The Morgan fingerprint density at radius 3 is 2.22 bits per heavy atom. The Bertz CT molecular complexity index is 2240. The van der Waals surface area contributed by atoms with Gasteiger partial charge in [-0.25, -0.2) is 4.98 Å². The molecular weight excluding hydrogens is 663 g/mol. The molecule has 3 heterocycles. The van der Waals surface area contributed by atoms with E-state index in [0.717, 1.165) is 56.0 Å². The zero-order chi connectivity index (χ0) is 31.4. The minimum atomic E-state index is 0. The van der Waals surface area contributed by atoms with E-state index in [1.54, 1.807) is 13.3 Å². The summed E-state index contributed by atoms with van der Waals surface area (Å²) in [5.41, 5.74) is 12.0. The molecule has 7 aromatic rings. The summed E-state index contributed by atoms with van der Waals surface area (Å²) in [5, 5.41) is 7.15. The number of para-hydroxylation sites is 1. The Balaban J connectivity index is 0.00000372. The zero-order valence-electron chi connectivity index (χ0n) is 26.9. The van der Waals surface area contributed by atoms with Crippen LogP contribution >= 0.6 is 0 Å². The summed E-state index contributed by atoms with van der Waals surface area (Å²) in [7, 11) is 1.66. The van der Waals surface area contributed by atoms with Crippen LogP contribution in [-0.4, -0.2) is 26.4 Å². The van der Waals surface area contributed by atoms with Crippen LogP contribution in [0.25, 0.3) is 44.4 Å². The molecule has 0 amide bonds. The molecule has 0 bridgehead atoms. The number of nitrogens with zero attached hydrogens (tertiary/aromatic N) is 4. The van der Waals surface area contributed by atoms with Crippen LogP contribution in [0.3, 0.4) is 0 Å². The van der Waals surface area contributed by atoms with Crippen LogP contribution in [0, 0.1) is 53.7 Å². The maximum absolute atomic E-state index is 6.46. The van der Waals surface area contributed by atoms with Gasteiger partial charge < -0.3 is 14.0 Å². The Labute approximate surface area is 283 Å². The number of hydrogen-bond acceptors (Lipinski definition) is 4.